The van der Waals surface area contributed by atoms with Gasteiger partial charge in [-0.3, -0.25) is 4.72 Å². The van der Waals surface area contributed by atoms with Crippen LogP contribution in [0.2, 0.25) is 0 Å². The SMILES string of the molecule is CCCS(=O)(=O)Nc1ccc(Nc2ccc(C(C)(C)C)cc2)nc1. The van der Waals surface area contributed by atoms with E-state index in [2.05, 4.69) is 47.9 Å². The van der Waals surface area contributed by atoms with E-state index < -0.39 is 10.0 Å². The van der Waals surface area contributed by atoms with Gasteiger partial charge in [-0.1, -0.05) is 39.8 Å². The molecule has 0 saturated carbocycles. The molecule has 1 heterocycles. The van der Waals surface area contributed by atoms with Crippen LogP contribution < -0.4 is 10.0 Å². The molecule has 5 nitrogen and oxygen atoms in total. The molecule has 0 bridgehead atoms. The Morgan fingerprint density at radius 3 is 2.12 bits per heavy atom. The van der Waals surface area contributed by atoms with E-state index >= 15 is 0 Å². The molecule has 0 aliphatic rings. The normalized spacial score (nSPS) is 12.0. The summed E-state index contributed by atoms with van der Waals surface area (Å²) in [7, 11) is -3.29. The number of rotatable bonds is 6. The van der Waals surface area contributed by atoms with Crippen molar-refractivity contribution in [1.29, 1.82) is 0 Å². The van der Waals surface area contributed by atoms with E-state index in [1.807, 2.05) is 19.1 Å². The summed E-state index contributed by atoms with van der Waals surface area (Å²) in [6.07, 6.45) is 2.09. The number of nitrogens with one attached hydrogen (secondary N) is 2. The summed E-state index contributed by atoms with van der Waals surface area (Å²) in [5.41, 5.74) is 2.79. The Labute approximate surface area is 144 Å². The van der Waals surface area contributed by atoms with E-state index in [0.717, 1.165) is 5.69 Å². The van der Waals surface area contributed by atoms with Crippen LogP contribution >= 0.6 is 0 Å². The van der Waals surface area contributed by atoms with Gasteiger partial charge in [-0.2, -0.15) is 0 Å². The molecule has 2 aromatic rings. The molecule has 0 spiro atoms. The Bertz CT molecular complexity index is 761. The first-order valence-corrected chi connectivity index (χ1v) is 9.69. The van der Waals surface area contributed by atoms with Crippen molar-refractivity contribution >= 4 is 27.2 Å². The molecule has 1 aromatic carbocycles. The summed E-state index contributed by atoms with van der Waals surface area (Å²) >= 11 is 0. The van der Waals surface area contributed by atoms with Gasteiger partial charge in [-0.05, 0) is 41.7 Å². The Morgan fingerprint density at radius 2 is 1.62 bits per heavy atom. The van der Waals surface area contributed by atoms with Crippen molar-refractivity contribution in [3.8, 4) is 0 Å². The third kappa shape index (κ3) is 5.23. The summed E-state index contributed by atoms with van der Waals surface area (Å²) in [4.78, 5) is 4.25. The molecule has 1 aromatic heterocycles. The van der Waals surface area contributed by atoms with E-state index in [0.29, 0.717) is 17.9 Å². The van der Waals surface area contributed by atoms with Crippen molar-refractivity contribution in [1.82, 2.24) is 4.98 Å². The van der Waals surface area contributed by atoms with Crippen molar-refractivity contribution in [2.75, 3.05) is 15.8 Å². The summed E-state index contributed by atoms with van der Waals surface area (Å²) in [6, 6.07) is 11.7. The molecule has 0 fully saturated rings. The lowest BCUT2D eigenvalue weighted by atomic mass is 9.87. The molecule has 130 valence electrons. The topological polar surface area (TPSA) is 71.1 Å². The summed E-state index contributed by atoms with van der Waals surface area (Å²) in [6.45, 7) is 8.36. The smallest absolute Gasteiger partial charge is 0.232 e. The Hall–Kier alpha value is -2.08. The van der Waals surface area contributed by atoms with Gasteiger partial charge >= 0.3 is 0 Å². The largest absolute Gasteiger partial charge is 0.340 e. The molecule has 6 heteroatoms. The number of hydrogen-bond acceptors (Lipinski definition) is 4. The average Bonchev–Trinajstić information content (AvgIpc) is 2.48. The molecule has 0 radical (unpaired) electrons. The average molecular weight is 347 g/mol. The van der Waals surface area contributed by atoms with E-state index in [1.165, 1.54) is 11.8 Å². The van der Waals surface area contributed by atoms with Crippen LogP contribution in [0.5, 0.6) is 0 Å². The second kappa shape index (κ2) is 7.21. The highest BCUT2D eigenvalue weighted by Crippen LogP contribution is 2.24. The second-order valence-corrected chi connectivity index (χ2v) is 8.65. The minimum Gasteiger partial charge on any atom is -0.340 e. The molecular weight excluding hydrogens is 322 g/mol. The van der Waals surface area contributed by atoms with Crippen molar-refractivity contribution in [3.05, 3.63) is 48.2 Å². The lowest BCUT2D eigenvalue weighted by Crippen LogP contribution is -2.16. The fraction of sp³-hybridized carbons (Fsp3) is 0.389. The predicted octanol–water partition coefficient (Wildman–Crippen LogP) is 4.27. The summed E-state index contributed by atoms with van der Waals surface area (Å²) < 4.78 is 26.0. The lowest BCUT2D eigenvalue weighted by Gasteiger charge is -2.19. The van der Waals surface area contributed by atoms with E-state index in [1.54, 1.807) is 12.1 Å². The number of anilines is 3. The molecule has 0 aliphatic carbocycles. The van der Waals surface area contributed by atoms with Crippen LogP contribution in [0.15, 0.2) is 42.6 Å². The second-order valence-electron chi connectivity index (χ2n) is 6.81. The van der Waals surface area contributed by atoms with Crippen LogP contribution in [-0.2, 0) is 15.4 Å². The van der Waals surface area contributed by atoms with Crippen LogP contribution in [-0.4, -0.2) is 19.2 Å². The van der Waals surface area contributed by atoms with E-state index in [9.17, 15) is 8.42 Å². The molecule has 0 atom stereocenters. The maximum atomic E-state index is 11.7. The number of aromatic nitrogens is 1. The number of sulfonamides is 1. The molecule has 24 heavy (non-hydrogen) atoms. The van der Waals surface area contributed by atoms with Crippen LogP contribution in [0.4, 0.5) is 17.2 Å². The number of pyridine rings is 1. The van der Waals surface area contributed by atoms with Gasteiger partial charge in [-0.25, -0.2) is 13.4 Å². The molecule has 0 unspecified atom stereocenters. The molecule has 2 rings (SSSR count). The van der Waals surface area contributed by atoms with Gasteiger partial charge in [0.2, 0.25) is 10.0 Å². The lowest BCUT2D eigenvalue weighted by molar-refractivity contribution is 0.590. The Balaban J connectivity index is 2.04. The maximum Gasteiger partial charge on any atom is 0.232 e. The first-order chi connectivity index (χ1) is 11.2. The number of benzene rings is 1. The fourth-order valence-electron chi connectivity index (χ4n) is 2.23. The minimum absolute atomic E-state index is 0.104. The van der Waals surface area contributed by atoms with Crippen LogP contribution in [0.1, 0.15) is 39.7 Å². The zero-order valence-corrected chi connectivity index (χ0v) is 15.4. The van der Waals surface area contributed by atoms with Crippen LogP contribution in [0, 0.1) is 0 Å². The first-order valence-electron chi connectivity index (χ1n) is 8.04. The van der Waals surface area contributed by atoms with E-state index in [-0.39, 0.29) is 11.2 Å². The zero-order valence-electron chi connectivity index (χ0n) is 14.6. The molecular formula is C18H25N3O2S. The number of hydrogen-bond donors (Lipinski definition) is 2. The van der Waals surface area contributed by atoms with Gasteiger partial charge in [0.05, 0.1) is 17.6 Å². The highest BCUT2D eigenvalue weighted by Gasteiger charge is 2.13. The third-order valence-electron chi connectivity index (χ3n) is 3.53. The van der Waals surface area contributed by atoms with Crippen molar-refractivity contribution in [2.45, 2.75) is 39.5 Å². The highest BCUT2D eigenvalue weighted by molar-refractivity contribution is 7.92. The first kappa shape index (κ1) is 18.3. The van der Waals surface area contributed by atoms with Crippen LogP contribution in [0.3, 0.4) is 0 Å². The molecule has 0 aliphatic heterocycles. The molecule has 0 saturated heterocycles. The zero-order chi connectivity index (χ0) is 17.8. The van der Waals surface area contributed by atoms with Crippen molar-refractivity contribution in [2.24, 2.45) is 0 Å². The summed E-state index contributed by atoms with van der Waals surface area (Å²) in [5, 5.41) is 3.21. The quantitative estimate of drug-likeness (QED) is 0.818. The molecule has 2 N–H and O–H groups in total. The fourth-order valence-corrected chi connectivity index (χ4v) is 3.35. The highest BCUT2D eigenvalue weighted by atomic mass is 32.2. The van der Waals surface area contributed by atoms with Gasteiger partial charge < -0.3 is 5.32 Å². The van der Waals surface area contributed by atoms with Crippen LogP contribution in [0.25, 0.3) is 0 Å². The van der Waals surface area contributed by atoms with Crippen molar-refractivity contribution in [3.63, 3.8) is 0 Å². The number of nitrogens with zero attached hydrogens (tertiary/aromatic N) is 1. The maximum absolute atomic E-state index is 11.7. The Kier molecular flexibility index (Phi) is 5.49. The van der Waals surface area contributed by atoms with Crippen molar-refractivity contribution < 1.29 is 8.42 Å². The minimum atomic E-state index is -3.29. The van der Waals surface area contributed by atoms with Gasteiger partial charge in [-0.15, -0.1) is 0 Å². The predicted molar refractivity (Wildman–Crippen MR) is 100 cm³/mol. The third-order valence-corrected chi connectivity index (χ3v) is 5.03. The van der Waals surface area contributed by atoms with Gasteiger partial charge in [0.15, 0.2) is 0 Å². The van der Waals surface area contributed by atoms with Gasteiger partial charge in [0.1, 0.15) is 5.82 Å². The Morgan fingerprint density at radius 1 is 1.00 bits per heavy atom. The van der Waals surface area contributed by atoms with E-state index in [4.69, 9.17) is 0 Å². The monoisotopic (exact) mass is 347 g/mol. The standard InChI is InChI=1S/C18H25N3O2S/c1-5-12-24(22,23)21-16-10-11-17(19-13-16)20-15-8-6-14(7-9-15)18(2,3)4/h6-11,13,21H,5,12H2,1-4H3,(H,19,20). The van der Waals surface area contributed by atoms with Gasteiger partial charge in [0, 0.05) is 5.69 Å². The van der Waals surface area contributed by atoms with Gasteiger partial charge in [0.25, 0.3) is 0 Å². The summed E-state index contributed by atoms with van der Waals surface area (Å²) in [5.74, 6) is 0.768. The molecule has 0 amide bonds.